The van der Waals surface area contributed by atoms with Gasteiger partial charge in [-0.25, -0.2) is 0 Å². The van der Waals surface area contributed by atoms with E-state index in [2.05, 4.69) is 0 Å². The Labute approximate surface area is 117 Å². The van der Waals surface area contributed by atoms with Gasteiger partial charge < -0.3 is 19.8 Å². The van der Waals surface area contributed by atoms with Crippen LogP contribution in [0.4, 0.5) is 5.69 Å². The second-order valence-corrected chi connectivity index (χ2v) is 4.35. The molecule has 0 radical (unpaired) electrons. The molecular weight excluding hydrogens is 256 g/mol. The standard InChI is InChI=1S/C15H18N2O3/c1-3-17(10-12-5-4-8-20-12)15(18)13-9-11(19-2)6-7-14(13)16/h4-9H,3,10,16H2,1-2H3. The van der Waals surface area contributed by atoms with Gasteiger partial charge in [0.15, 0.2) is 0 Å². The molecule has 1 aromatic carbocycles. The fraction of sp³-hybridized carbons (Fsp3) is 0.267. The maximum atomic E-state index is 12.5. The Balaban J connectivity index is 2.23. The highest BCUT2D eigenvalue weighted by molar-refractivity contribution is 5.99. The van der Waals surface area contributed by atoms with Crippen LogP contribution in [0.2, 0.25) is 0 Å². The predicted octanol–water partition coefficient (Wildman–Crippen LogP) is 2.53. The van der Waals surface area contributed by atoms with Gasteiger partial charge in [-0.05, 0) is 37.3 Å². The van der Waals surface area contributed by atoms with Crippen LogP contribution in [-0.2, 0) is 6.54 Å². The Kier molecular flexibility index (Phi) is 4.30. The Bertz CT molecular complexity index is 579. The first-order chi connectivity index (χ1) is 9.65. The van der Waals surface area contributed by atoms with Gasteiger partial charge in [0, 0.05) is 12.2 Å². The largest absolute Gasteiger partial charge is 0.497 e. The van der Waals surface area contributed by atoms with Crippen LogP contribution in [-0.4, -0.2) is 24.5 Å². The topological polar surface area (TPSA) is 68.7 Å². The quantitative estimate of drug-likeness (QED) is 0.851. The summed E-state index contributed by atoms with van der Waals surface area (Å²) < 4.78 is 10.4. The van der Waals surface area contributed by atoms with Gasteiger partial charge >= 0.3 is 0 Å². The van der Waals surface area contributed by atoms with Crippen molar-refractivity contribution in [2.24, 2.45) is 0 Å². The monoisotopic (exact) mass is 274 g/mol. The normalized spacial score (nSPS) is 10.3. The Morgan fingerprint density at radius 2 is 2.20 bits per heavy atom. The van der Waals surface area contributed by atoms with Gasteiger partial charge in [-0.3, -0.25) is 4.79 Å². The number of hydrogen-bond donors (Lipinski definition) is 1. The molecule has 20 heavy (non-hydrogen) atoms. The van der Waals surface area contributed by atoms with E-state index in [1.807, 2.05) is 13.0 Å². The summed E-state index contributed by atoms with van der Waals surface area (Å²) in [6, 6.07) is 8.70. The second kappa shape index (κ2) is 6.14. The van der Waals surface area contributed by atoms with Crippen molar-refractivity contribution in [3.63, 3.8) is 0 Å². The van der Waals surface area contributed by atoms with Gasteiger partial charge in [0.2, 0.25) is 0 Å². The summed E-state index contributed by atoms with van der Waals surface area (Å²) >= 11 is 0. The third kappa shape index (κ3) is 2.93. The van der Waals surface area contributed by atoms with Gasteiger partial charge in [-0.2, -0.15) is 0 Å². The first-order valence-electron chi connectivity index (χ1n) is 6.41. The highest BCUT2D eigenvalue weighted by atomic mass is 16.5. The third-order valence-corrected chi connectivity index (χ3v) is 3.09. The number of ether oxygens (including phenoxy) is 1. The van der Waals surface area contributed by atoms with E-state index in [-0.39, 0.29) is 5.91 Å². The van der Waals surface area contributed by atoms with Crippen LogP contribution in [0, 0.1) is 0 Å². The van der Waals surface area contributed by atoms with E-state index in [4.69, 9.17) is 14.9 Å². The van der Waals surface area contributed by atoms with E-state index in [1.54, 1.807) is 42.5 Å². The molecule has 1 aromatic heterocycles. The van der Waals surface area contributed by atoms with Crippen LogP contribution >= 0.6 is 0 Å². The van der Waals surface area contributed by atoms with Gasteiger partial charge in [-0.1, -0.05) is 0 Å². The summed E-state index contributed by atoms with van der Waals surface area (Å²) in [5.41, 5.74) is 6.77. The zero-order valence-corrected chi connectivity index (χ0v) is 11.6. The van der Waals surface area contributed by atoms with Crippen LogP contribution in [0.3, 0.4) is 0 Å². The lowest BCUT2D eigenvalue weighted by Crippen LogP contribution is -2.30. The minimum absolute atomic E-state index is 0.139. The number of nitrogens with two attached hydrogens (primary N) is 1. The lowest BCUT2D eigenvalue weighted by atomic mass is 10.1. The van der Waals surface area contributed by atoms with Crippen molar-refractivity contribution < 1.29 is 13.9 Å². The van der Waals surface area contributed by atoms with E-state index in [1.165, 1.54) is 0 Å². The zero-order chi connectivity index (χ0) is 14.5. The lowest BCUT2D eigenvalue weighted by molar-refractivity contribution is 0.0742. The van der Waals surface area contributed by atoms with Gasteiger partial charge in [0.05, 0.1) is 25.5 Å². The fourth-order valence-corrected chi connectivity index (χ4v) is 1.94. The van der Waals surface area contributed by atoms with Crippen LogP contribution in [0.25, 0.3) is 0 Å². The number of benzene rings is 1. The minimum atomic E-state index is -0.139. The summed E-state index contributed by atoms with van der Waals surface area (Å²) in [5, 5.41) is 0. The molecule has 0 saturated carbocycles. The summed E-state index contributed by atoms with van der Waals surface area (Å²) in [4.78, 5) is 14.2. The van der Waals surface area contributed by atoms with E-state index in [0.717, 1.165) is 5.76 Å². The molecule has 2 N–H and O–H groups in total. The number of amides is 1. The molecule has 0 unspecified atom stereocenters. The summed E-state index contributed by atoms with van der Waals surface area (Å²) in [7, 11) is 1.56. The number of methoxy groups -OCH3 is 1. The van der Waals surface area contributed by atoms with Crippen LogP contribution in [0.15, 0.2) is 41.0 Å². The molecule has 1 heterocycles. The van der Waals surface area contributed by atoms with Crippen LogP contribution in [0.1, 0.15) is 23.0 Å². The number of hydrogen-bond acceptors (Lipinski definition) is 4. The van der Waals surface area contributed by atoms with E-state index < -0.39 is 0 Å². The molecule has 0 aliphatic carbocycles. The van der Waals surface area contributed by atoms with E-state index in [9.17, 15) is 4.79 Å². The summed E-state index contributed by atoms with van der Waals surface area (Å²) in [6.45, 7) is 2.90. The fourth-order valence-electron chi connectivity index (χ4n) is 1.94. The molecule has 0 fully saturated rings. The van der Waals surface area contributed by atoms with Crippen molar-refractivity contribution in [3.8, 4) is 5.75 Å². The van der Waals surface area contributed by atoms with Crippen molar-refractivity contribution in [3.05, 3.63) is 47.9 Å². The smallest absolute Gasteiger partial charge is 0.256 e. The molecule has 1 amide bonds. The summed E-state index contributed by atoms with van der Waals surface area (Å²) in [6.07, 6.45) is 1.59. The van der Waals surface area contributed by atoms with Crippen LogP contribution in [0.5, 0.6) is 5.75 Å². The molecule has 106 valence electrons. The molecular formula is C15H18N2O3. The molecule has 0 atom stereocenters. The summed E-state index contributed by atoms with van der Waals surface area (Å²) in [5.74, 6) is 1.21. The lowest BCUT2D eigenvalue weighted by Gasteiger charge is -2.20. The number of anilines is 1. The van der Waals surface area contributed by atoms with Crippen molar-refractivity contribution >= 4 is 11.6 Å². The van der Waals surface area contributed by atoms with Crippen molar-refractivity contribution in [2.75, 3.05) is 19.4 Å². The first kappa shape index (κ1) is 14.0. The molecule has 5 heteroatoms. The number of carbonyl (C=O) groups excluding carboxylic acids is 1. The van der Waals surface area contributed by atoms with E-state index in [0.29, 0.717) is 30.1 Å². The average molecular weight is 274 g/mol. The predicted molar refractivity (Wildman–Crippen MR) is 76.5 cm³/mol. The Morgan fingerprint density at radius 1 is 1.40 bits per heavy atom. The number of rotatable bonds is 5. The number of furan rings is 1. The van der Waals surface area contributed by atoms with E-state index >= 15 is 0 Å². The maximum Gasteiger partial charge on any atom is 0.256 e. The van der Waals surface area contributed by atoms with Crippen molar-refractivity contribution in [2.45, 2.75) is 13.5 Å². The number of carbonyl (C=O) groups is 1. The SMILES string of the molecule is CCN(Cc1ccco1)C(=O)c1cc(OC)ccc1N. The van der Waals surface area contributed by atoms with Gasteiger partial charge in [0.1, 0.15) is 11.5 Å². The molecule has 0 saturated heterocycles. The Morgan fingerprint density at radius 3 is 2.80 bits per heavy atom. The van der Waals surface area contributed by atoms with Gasteiger partial charge in [0.25, 0.3) is 5.91 Å². The average Bonchev–Trinajstić information content (AvgIpc) is 2.97. The first-order valence-corrected chi connectivity index (χ1v) is 6.41. The van der Waals surface area contributed by atoms with Crippen molar-refractivity contribution in [1.29, 1.82) is 0 Å². The molecule has 0 aliphatic rings. The minimum Gasteiger partial charge on any atom is -0.497 e. The van der Waals surface area contributed by atoms with Gasteiger partial charge in [-0.15, -0.1) is 0 Å². The van der Waals surface area contributed by atoms with Crippen LogP contribution < -0.4 is 10.5 Å². The highest BCUT2D eigenvalue weighted by Gasteiger charge is 2.18. The molecule has 0 spiro atoms. The molecule has 2 rings (SSSR count). The Hall–Kier alpha value is -2.43. The zero-order valence-electron chi connectivity index (χ0n) is 11.6. The second-order valence-electron chi connectivity index (χ2n) is 4.35. The molecule has 5 nitrogen and oxygen atoms in total. The molecule has 0 aliphatic heterocycles. The number of nitrogens with zero attached hydrogens (tertiary/aromatic N) is 1. The maximum absolute atomic E-state index is 12.5. The number of nitrogen functional groups attached to an aromatic ring is 1. The molecule has 0 bridgehead atoms. The highest BCUT2D eigenvalue weighted by Crippen LogP contribution is 2.21. The van der Waals surface area contributed by atoms with Crippen molar-refractivity contribution in [1.82, 2.24) is 4.90 Å². The molecule has 2 aromatic rings. The third-order valence-electron chi connectivity index (χ3n) is 3.09.